The Morgan fingerprint density at radius 1 is 0.329 bits per heavy atom. The number of hydrogen-bond donors (Lipinski definition) is 0. The standard InChI is InChI=1S/C80H62N2/c1-79(2)71-34-18-17-33-69(71)76-70(55-23-9-4-10-24-55)51-66(52-72(76)79)82(64-30-13-6-14-31-64)74-36-20-27-60-50-62-45-44-61-49-59-26-19-35-73(77(59)80(61,62)78(60)74)81(63-28-11-5-12-29-63)65-46-41-57(42-47-65)68-48-43-56-25-15-16-32-67(56)75(68)58-39-37-54(38-40-58)53-21-7-3-8-22-53/h3-43,46-48,51-52,61-62H,44-45,49-50H2,1-2H3. The molecular formula is C80H62N2. The molecule has 392 valence electrons. The fourth-order valence-corrected chi connectivity index (χ4v) is 15.9. The third-order valence-electron chi connectivity index (χ3n) is 19.3. The molecule has 16 rings (SSSR count). The Bertz CT molecular complexity index is 4400. The van der Waals surface area contributed by atoms with E-state index < -0.39 is 0 Å². The van der Waals surface area contributed by atoms with Gasteiger partial charge in [-0.3, -0.25) is 0 Å². The minimum absolute atomic E-state index is 0.196. The van der Waals surface area contributed by atoms with Crippen LogP contribution >= 0.6 is 0 Å². The van der Waals surface area contributed by atoms with E-state index in [9.17, 15) is 0 Å². The summed E-state index contributed by atoms with van der Waals surface area (Å²) in [5, 5.41) is 2.50. The molecule has 4 aliphatic carbocycles. The number of rotatable bonds is 10. The smallest absolute Gasteiger partial charge is 0.0505 e. The van der Waals surface area contributed by atoms with Crippen molar-refractivity contribution < 1.29 is 0 Å². The van der Waals surface area contributed by atoms with Gasteiger partial charge >= 0.3 is 0 Å². The van der Waals surface area contributed by atoms with Gasteiger partial charge in [0.1, 0.15) is 0 Å². The van der Waals surface area contributed by atoms with Crippen molar-refractivity contribution in [2.45, 2.75) is 50.4 Å². The Kier molecular flexibility index (Phi) is 11.3. The van der Waals surface area contributed by atoms with Crippen molar-refractivity contribution in [1.82, 2.24) is 0 Å². The lowest BCUT2D eigenvalue weighted by molar-refractivity contribution is 0.350. The topological polar surface area (TPSA) is 6.48 Å². The zero-order valence-electron chi connectivity index (χ0n) is 46.4. The highest BCUT2D eigenvalue weighted by Crippen LogP contribution is 2.69. The van der Waals surface area contributed by atoms with Crippen LogP contribution in [0.4, 0.5) is 34.1 Å². The van der Waals surface area contributed by atoms with Crippen LogP contribution in [0.1, 0.15) is 60.1 Å². The molecule has 12 aromatic rings. The normalized spacial score (nSPS) is 17.6. The average Bonchev–Trinajstić information content (AvgIpc) is 4.34. The molecule has 1 fully saturated rings. The van der Waals surface area contributed by atoms with Gasteiger partial charge in [-0.2, -0.15) is 0 Å². The highest BCUT2D eigenvalue weighted by molar-refractivity contribution is 6.05. The molecule has 2 heteroatoms. The number of fused-ring (bicyclic) bond motifs is 6. The molecule has 0 amide bonds. The largest absolute Gasteiger partial charge is 0.310 e. The van der Waals surface area contributed by atoms with Crippen LogP contribution in [0.5, 0.6) is 0 Å². The molecule has 1 spiro atoms. The van der Waals surface area contributed by atoms with Gasteiger partial charge < -0.3 is 9.80 Å². The maximum atomic E-state index is 2.64. The lowest BCUT2D eigenvalue weighted by Gasteiger charge is -2.40. The van der Waals surface area contributed by atoms with E-state index in [0.717, 1.165) is 24.2 Å². The van der Waals surface area contributed by atoms with Gasteiger partial charge in [0.25, 0.3) is 0 Å². The van der Waals surface area contributed by atoms with Crippen LogP contribution in [0, 0.1) is 11.8 Å². The molecule has 12 aromatic carbocycles. The molecule has 4 aliphatic rings. The van der Waals surface area contributed by atoms with Crippen molar-refractivity contribution in [2.75, 3.05) is 9.80 Å². The molecule has 0 aromatic heterocycles. The summed E-state index contributed by atoms with van der Waals surface area (Å²) in [6.45, 7) is 4.84. The summed E-state index contributed by atoms with van der Waals surface area (Å²) in [6.07, 6.45) is 4.57. The van der Waals surface area contributed by atoms with Gasteiger partial charge in [0.05, 0.1) is 11.4 Å². The van der Waals surface area contributed by atoms with Crippen molar-refractivity contribution in [2.24, 2.45) is 11.8 Å². The monoisotopic (exact) mass is 1050 g/mol. The van der Waals surface area contributed by atoms with Crippen molar-refractivity contribution >= 4 is 44.9 Å². The minimum Gasteiger partial charge on any atom is -0.310 e. The second-order valence-electron chi connectivity index (χ2n) is 23.9. The third-order valence-corrected chi connectivity index (χ3v) is 19.3. The highest BCUT2D eigenvalue weighted by Gasteiger charge is 2.62. The molecule has 1 saturated carbocycles. The van der Waals surface area contributed by atoms with Crippen LogP contribution in [0.25, 0.3) is 66.4 Å². The van der Waals surface area contributed by atoms with Crippen LogP contribution in [0.2, 0.25) is 0 Å². The molecule has 3 unspecified atom stereocenters. The summed E-state index contributed by atoms with van der Waals surface area (Å²) in [6, 6.07) is 105. The molecule has 0 bridgehead atoms. The first-order valence-electron chi connectivity index (χ1n) is 29.5. The average molecular weight is 1050 g/mol. The summed E-state index contributed by atoms with van der Waals surface area (Å²) in [5.74, 6) is 0.935. The van der Waals surface area contributed by atoms with Gasteiger partial charge in [-0.1, -0.05) is 232 Å². The second-order valence-corrected chi connectivity index (χ2v) is 23.9. The van der Waals surface area contributed by atoms with Gasteiger partial charge in [-0.05, 0) is 198 Å². The fourth-order valence-electron chi connectivity index (χ4n) is 15.9. The summed E-state index contributed by atoms with van der Waals surface area (Å²) in [5.41, 5.74) is 28.2. The maximum Gasteiger partial charge on any atom is 0.0505 e. The molecule has 3 atom stereocenters. The highest BCUT2D eigenvalue weighted by atomic mass is 15.2. The molecule has 0 aliphatic heterocycles. The quantitative estimate of drug-likeness (QED) is 0.135. The van der Waals surface area contributed by atoms with E-state index in [1.165, 1.54) is 135 Å². The summed E-state index contributed by atoms with van der Waals surface area (Å²) in [7, 11) is 0. The van der Waals surface area contributed by atoms with Crippen molar-refractivity contribution in [1.29, 1.82) is 0 Å². The molecule has 0 N–H and O–H groups in total. The van der Waals surface area contributed by atoms with E-state index in [2.05, 4.69) is 303 Å². The Morgan fingerprint density at radius 2 is 0.817 bits per heavy atom. The Balaban J connectivity index is 0.865. The number of hydrogen-bond acceptors (Lipinski definition) is 2. The van der Waals surface area contributed by atoms with Crippen LogP contribution in [0.15, 0.2) is 279 Å². The first kappa shape index (κ1) is 48.4. The fraction of sp³-hybridized carbons (Fsp3) is 0.125. The van der Waals surface area contributed by atoms with E-state index >= 15 is 0 Å². The predicted molar refractivity (Wildman–Crippen MR) is 343 cm³/mol. The van der Waals surface area contributed by atoms with Crippen LogP contribution in [-0.4, -0.2) is 0 Å². The van der Waals surface area contributed by atoms with Crippen LogP contribution < -0.4 is 9.80 Å². The molecule has 82 heavy (non-hydrogen) atoms. The van der Waals surface area contributed by atoms with Crippen LogP contribution in [-0.2, 0) is 23.7 Å². The second kappa shape index (κ2) is 19.1. The van der Waals surface area contributed by atoms with Crippen LogP contribution in [0.3, 0.4) is 0 Å². The summed E-state index contributed by atoms with van der Waals surface area (Å²) in [4.78, 5) is 5.23. The number of para-hydroxylation sites is 2. The SMILES string of the molecule is CC1(C)c2ccccc2-c2c(-c3ccccc3)cc(N(c3ccccc3)c3cccc4c3C35c6c(cccc6N(c6ccccc6)c6ccc(-c7ccc8ccccc8c7-c7ccc(-c8ccccc8)cc7)cc6)CC3CCC5C4)cc21. The Labute approximate surface area is 482 Å². The van der Waals surface area contributed by atoms with Crippen molar-refractivity contribution in [3.8, 4) is 55.6 Å². The maximum absolute atomic E-state index is 2.64. The van der Waals surface area contributed by atoms with Gasteiger partial charge in [-0.25, -0.2) is 0 Å². The first-order chi connectivity index (χ1) is 40.4. The van der Waals surface area contributed by atoms with Gasteiger partial charge in [0, 0.05) is 33.6 Å². The Hall–Kier alpha value is -9.50. The zero-order valence-corrected chi connectivity index (χ0v) is 46.4. The number of nitrogens with zero attached hydrogens (tertiary/aromatic N) is 2. The van der Waals surface area contributed by atoms with Gasteiger partial charge in [0.15, 0.2) is 0 Å². The molecule has 0 heterocycles. The van der Waals surface area contributed by atoms with E-state index in [4.69, 9.17) is 0 Å². The van der Waals surface area contributed by atoms with Gasteiger partial charge in [-0.15, -0.1) is 0 Å². The number of anilines is 6. The third kappa shape index (κ3) is 7.40. The molecular weight excluding hydrogens is 989 g/mol. The molecule has 2 nitrogen and oxygen atoms in total. The van der Waals surface area contributed by atoms with E-state index in [1.54, 1.807) is 0 Å². The van der Waals surface area contributed by atoms with E-state index in [0.29, 0.717) is 11.8 Å². The lowest BCUT2D eigenvalue weighted by Crippen LogP contribution is -2.34. The molecule has 0 saturated heterocycles. The first-order valence-corrected chi connectivity index (χ1v) is 29.5. The van der Waals surface area contributed by atoms with Crippen molar-refractivity contribution in [3.63, 3.8) is 0 Å². The van der Waals surface area contributed by atoms with Crippen molar-refractivity contribution in [3.05, 3.63) is 312 Å². The predicted octanol–water partition coefficient (Wildman–Crippen LogP) is 21.2. The van der Waals surface area contributed by atoms with E-state index in [-0.39, 0.29) is 10.8 Å². The lowest BCUT2D eigenvalue weighted by atomic mass is 9.68. The van der Waals surface area contributed by atoms with E-state index in [1.807, 2.05) is 0 Å². The summed E-state index contributed by atoms with van der Waals surface area (Å²) < 4.78 is 0. The number of benzene rings is 12. The van der Waals surface area contributed by atoms with Gasteiger partial charge in [0.2, 0.25) is 0 Å². The Morgan fingerprint density at radius 3 is 1.45 bits per heavy atom. The minimum atomic E-state index is -0.206. The summed E-state index contributed by atoms with van der Waals surface area (Å²) >= 11 is 0. The molecule has 0 radical (unpaired) electrons. The zero-order chi connectivity index (χ0) is 54.5.